The number of aliphatic hydroxyl groups excluding tert-OH is 1. The Bertz CT molecular complexity index is 291. The molecule has 4 N–H and O–H groups in total. The van der Waals surface area contributed by atoms with E-state index in [4.69, 9.17) is 17.3 Å². The molecule has 0 bridgehead atoms. The van der Waals surface area contributed by atoms with E-state index in [2.05, 4.69) is 0 Å². The Morgan fingerprint density at radius 2 is 2.15 bits per heavy atom. The summed E-state index contributed by atoms with van der Waals surface area (Å²) in [6.45, 7) is 1.81. The molecule has 1 unspecified atom stereocenters. The molecule has 0 radical (unpaired) electrons. The van der Waals surface area contributed by atoms with Crippen LogP contribution in [0.4, 0.5) is 0 Å². The van der Waals surface area contributed by atoms with Crippen molar-refractivity contribution in [3.05, 3.63) is 28.3 Å². The largest absolute Gasteiger partial charge is 0.508 e. The highest BCUT2D eigenvalue weighted by molar-refractivity contribution is 6.31. The average Bonchev–Trinajstić information content (AvgIpc) is 2.12. The van der Waals surface area contributed by atoms with Crippen LogP contribution in [0, 0.1) is 6.92 Å². The number of benzene rings is 1. The molecule has 0 fully saturated rings. The highest BCUT2D eigenvalue weighted by Crippen LogP contribution is 2.28. The maximum atomic E-state index is 9.39. The van der Waals surface area contributed by atoms with E-state index >= 15 is 0 Å². The van der Waals surface area contributed by atoms with Crippen molar-refractivity contribution < 1.29 is 10.2 Å². The minimum Gasteiger partial charge on any atom is -0.508 e. The maximum absolute atomic E-state index is 9.39. The number of aromatic hydroxyl groups is 1. The number of rotatable bonds is 2. The van der Waals surface area contributed by atoms with Gasteiger partial charge in [-0.1, -0.05) is 11.6 Å². The fourth-order valence-electron chi connectivity index (χ4n) is 1.01. The molecule has 0 saturated heterocycles. The van der Waals surface area contributed by atoms with E-state index in [1.807, 2.05) is 0 Å². The van der Waals surface area contributed by atoms with Crippen molar-refractivity contribution in [1.29, 1.82) is 0 Å². The monoisotopic (exact) mass is 201 g/mol. The molecule has 0 aliphatic heterocycles. The van der Waals surface area contributed by atoms with Crippen molar-refractivity contribution in [3.63, 3.8) is 0 Å². The second kappa shape index (κ2) is 3.96. The summed E-state index contributed by atoms with van der Waals surface area (Å²) in [5.74, 6) is 0.0787. The van der Waals surface area contributed by atoms with Crippen molar-refractivity contribution in [2.24, 2.45) is 5.73 Å². The maximum Gasteiger partial charge on any atom is 0.120 e. The van der Waals surface area contributed by atoms with E-state index < -0.39 is 6.10 Å². The zero-order chi connectivity index (χ0) is 10.0. The molecule has 72 valence electrons. The Hall–Kier alpha value is -0.770. The van der Waals surface area contributed by atoms with Crippen LogP contribution in [0.1, 0.15) is 17.2 Å². The molecule has 0 aromatic heterocycles. The number of hydrogen-bond donors (Lipinski definition) is 3. The summed E-state index contributed by atoms with van der Waals surface area (Å²) in [5, 5.41) is 19.2. The summed E-state index contributed by atoms with van der Waals surface area (Å²) in [6.07, 6.45) is -0.774. The highest BCUT2D eigenvalue weighted by atomic mass is 35.5. The van der Waals surface area contributed by atoms with Gasteiger partial charge in [0.2, 0.25) is 0 Å². The van der Waals surface area contributed by atoms with Gasteiger partial charge in [-0.15, -0.1) is 0 Å². The molecular formula is C9H12ClNO2. The standard InChI is InChI=1S/C9H12ClNO2/c1-5-7(10)2-6(3-8(5)12)9(13)4-11/h2-3,9,12-13H,4,11H2,1H3. The predicted octanol–water partition coefficient (Wildman–Crippen LogP) is 1.35. The van der Waals surface area contributed by atoms with Crippen LogP contribution in [0.5, 0.6) is 5.75 Å². The predicted molar refractivity (Wildman–Crippen MR) is 51.9 cm³/mol. The molecule has 13 heavy (non-hydrogen) atoms. The van der Waals surface area contributed by atoms with Crippen LogP contribution in [0.25, 0.3) is 0 Å². The lowest BCUT2D eigenvalue weighted by Gasteiger charge is -2.10. The van der Waals surface area contributed by atoms with Gasteiger partial charge in [-0.2, -0.15) is 0 Å². The van der Waals surface area contributed by atoms with Crippen LogP contribution in [0.15, 0.2) is 12.1 Å². The van der Waals surface area contributed by atoms with E-state index in [-0.39, 0.29) is 12.3 Å². The Balaban J connectivity index is 3.13. The Morgan fingerprint density at radius 1 is 1.54 bits per heavy atom. The molecule has 0 aliphatic carbocycles. The van der Waals surface area contributed by atoms with Gasteiger partial charge in [-0.3, -0.25) is 0 Å². The Kier molecular flexibility index (Phi) is 3.14. The second-order valence-corrected chi connectivity index (χ2v) is 3.31. The number of hydrogen-bond acceptors (Lipinski definition) is 3. The van der Waals surface area contributed by atoms with E-state index in [9.17, 15) is 10.2 Å². The topological polar surface area (TPSA) is 66.5 Å². The molecule has 3 nitrogen and oxygen atoms in total. The summed E-state index contributed by atoms with van der Waals surface area (Å²) in [5.41, 5.74) is 6.41. The molecule has 0 saturated carbocycles. The van der Waals surface area contributed by atoms with Crippen LogP contribution in [0.2, 0.25) is 5.02 Å². The Labute approximate surface area is 81.8 Å². The third kappa shape index (κ3) is 2.12. The van der Waals surface area contributed by atoms with Crippen molar-refractivity contribution in [2.75, 3.05) is 6.54 Å². The fourth-order valence-corrected chi connectivity index (χ4v) is 1.24. The Morgan fingerprint density at radius 3 is 2.62 bits per heavy atom. The van der Waals surface area contributed by atoms with Crippen molar-refractivity contribution in [3.8, 4) is 5.75 Å². The van der Waals surface area contributed by atoms with Crippen molar-refractivity contribution in [2.45, 2.75) is 13.0 Å². The van der Waals surface area contributed by atoms with E-state index in [1.54, 1.807) is 13.0 Å². The SMILES string of the molecule is Cc1c(O)cc(C(O)CN)cc1Cl. The van der Waals surface area contributed by atoms with Gasteiger partial charge in [0.1, 0.15) is 5.75 Å². The summed E-state index contributed by atoms with van der Waals surface area (Å²) in [7, 11) is 0. The summed E-state index contributed by atoms with van der Waals surface area (Å²) in [4.78, 5) is 0. The summed E-state index contributed by atoms with van der Waals surface area (Å²) in [6, 6.07) is 3.08. The minimum atomic E-state index is -0.774. The first-order valence-corrected chi connectivity index (χ1v) is 4.31. The van der Waals surface area contributed by atoms with Crippen molar-refractivity contribution in [1.82, 2.24) is 0 Å². The summed E-state index contributed by atoms with van der Waals surface area (Å²) >= 11 is 5.81. The molecular weight excluding hydrogens is 190 g/mol. The lowest BCUT2D eigenvalue weighted by Crippen LogP contribution is -2.11. The number of phenols is 1. The van der Waals surface area contributed by atoms with Gasteiger partial charge in [0, 0.05) is 17.1 Å². The molecule has 1 atom stereocenters. The minimum absolute atomic E-state index is 0.0787. The van der Waals surface area contributed by atoms with Gasteiger partial charge in [0.05, 0.1) is 6.10 Å². The van der Waals surface area contributed by atoms with Gasteiger partial charge in [-0.25, -0.2) is 0 Å². The van der Waals surface area contributed by atoms with Gasteiger partial charge in [0.25, 0.3) is 0 Å². The smallest absolute Gasteiger partial charge is 0.120 e. The lowest BCUT2D eigenvalue weighted by atomic mass is 10.1. The first-order chi connectivity index (χ1) is 6.06. The third-order valence-electron chi connectivity index (χ3n) is 1.95. The molecule has 4 heteroatoms. The molecule has 1 rings (SSSR count). The van der Waals surface area contributed by atoms with E-state index in [0.29, 0.717) is 16.1 Å². The molecule has 0 heterocycles. The van der Waals surface area contributed by atoms with Crippen LogP contribution in [-0.4, -0.2) is 16.8 Å². The van der Waals surface area contributed by atoms with Gasteiger partial charge >= 0.3 is 0 Å². The fraction of sp³-hybridized carbons (Fsp3) is 0.333. The zero-order valence-electron chi connectivity index (χ0n) is 7.29. The summed E-state index contributed by atoms with van der Waals surface area (Å²) < 4.78 is 0. The number of phenolic OH excluding ortho intramolecular Hbond substituents is 1. The van der Waals surface area contributed by atoms with Gasteiger partial charge < -0.3 is 15.9 Å². The van der Waals surface area contributed by atoms with E-state index in [0.717, 1.165) is 0 Å². The van der Waals surface area contributed by atoms with Crippen LogP contribution < -0.4 is 5.73 Å². The van der Waals surface area contributed by atoms with Crippen LogP contribution >= 0.6 is 11.6 Å². The first kappa shape index (κ1) is 10.3. The van der Waals surface area contributed by atoms with Gasteiger partial charge in [-0.05, 0) is 24.6 Å². The highest BCUT2D eigenvalue weighted by Gasteiger charge is 2.10. The molecule has 0 amide bonds. The number of nitrogens with two attached hydrogens (primary N) is 1. The average molecular weight is 202 g/mol. The second-order valence-electron chi connectivity index (χ2n) is 2.90. The molecule has 1 aromatic rings. The third-order valence-corrected chi connectivity index (χ3v) is 2.34. The lowest BCUT2D eigenvalue weighted by molar-refractivity contribution is 0.186. The van der Waals surface area contributed by atoms with Crippen LogP contribution in [0.3, 0.4) is 0 Å². The van der Waals surface area contributed by atoms with Crippen LogP contribution in [-0.2, 0) is 0 Å². The first-order valence-electron chi connectivity index (χ1n) is 3.93. The van der Waals surface area contributed by atoms with Gasteiger partial charge in [0.15, 0.2) is 0 Å². The molecule has 1 aromatic carbocycles. The van der Waals surface area contributed by atoms with Crippen molar-refractivity contribution >= 4 is 11.6 Å². The molecule has 0 spiro atoms. The number of aliphatic hydroxyl groups is 1. The normalized spacial score (nSPS) is 12.9. The number of halogens is 1. The van der Waals surface area contributed by atoms with E-state index in [1.165, 1.54) is 6.07 Å². The molecule has 0 aliphatic rings. The quantitative estimate of drug-likeness (QED) is 0.677. The zero-order valence-corrected chi connectivity index (χ0v) is 8.04.